The van der Waals surface area contributed by atoms with Gasteiger partial charge in [-0.15, -0.1) is 0 Å². The van der Waals surface area contributed by atoms with Crippen LogP contribution in [-0.4, -0.2) is 92.9 Å². The van der Waals surface area contributed by atoms with E-state index in [0.717, 1.165) is 82.4 Å². The molecule has 208 valence electrons. The number of aryl methyl sites for hydroxylation is 3. The largest absolute Gasteiger partial charge is 0.473 e. The smallest absolute Gasteiger partial charge is 0.221 e. The maximum atomic E-state index is 6.54. The molecule has 39 heavy (non-hydrogen) atoms. The number of allylic oxidation sites excluding steroid dienone is 2. The van der Waals surface area contributed by atoms with E-state index >= 15 is 0 Å². The van der Waals surface area contributed by atoms with Crippen molar-refractivity contribution in [2.45, 2.75) is 46.6 Å². The zero-order chi connectivity index (χ0) is 27.7. The Hall–Kier alpha value is -3.50. The summed E-state index contributed by atoms with van der Waals surface area (Å²) in [7, 11) is 4.02. The third-order valence-corrected chi connectivity index (χ3v) is 7.54. The van der Waals surface area contributed by atoms with E-state index in [4.69, 9.17) is 20.4 Å². The number of H-pyrrole nitrogens is 1. The molecule has 0 saturated carbocycles. The second-order valence-corrected chi connectivity index (χ2v) is 10.9. The van der Waals surface area contributed by atoms with Crippen molar-refractivity contribution >= 4 is 22.7 Å². The number of nitrogens with zero attached hydrogens (tertiary/aromatic N) is 7. The van der Waals surface area contributed by atoms with Gasteiger partial charge in [-0.25, -0.2) is 4.68 Å². The Kier molecular flexibility index (Phi) is 7.86. The van der Waals surface area contributed by atoms with Crippen molar-refractivity contribution in [2.75, 3.05) is 46.3 Å². The number of pyridine rings is 1. The average molecular weight is 532 g/mol. The maximum Gasteiger partial charge on any atom is 0.221 e. The van der Waals surface area contributed by atoms with E-state index in [0.29, 0.717) is 19.0 Å². The molecule has 2 aliphatic rings. The highest BCUT2D eigenvalue weighted by atomic mass is 16.5. The van der Waals surface area contributed by atoms with Crippen LogP contribution in [0.2, 0.25) is 0 Å². The van der Waals surface area contributed by atoms with Crippen molar-refractivity contribution in [2.24, 2.45) is 17.8 Å². The molecule has 0 aliphatic carbocycles. The number of rotatable bonds is 3. The molecule has 0 amide bonds. The molecule has 0 spiro atoms. The Bertz CT molecular complexity index is 1430. The first-order valence-corrected chi connectivity index (χ1v) is 13.9. The summed E-state index contributed by atoms with van der Waals surface area (Å²) in [5.41, 5.74) is 14.3. The van der Waals surface area contributed by atoms with Crippen LogP contribution < -0.4 is 10.5 Å². The van der Waals surface area contributed by atoms with Crippen LogP contribution in [-0.2, 0) is 7.05 Å². The lowest BCUT2D eigenvalue weighted by atomic mass is 10.0. The van der Waals surface area contributed by atoms with Crippen LogP contribution in [0.4, 0.5) is 0 Å². The average Bonchev–Trinajstić information content (AvgIpc) is 3.58. The molecule has 2 aliphatic heterocycles. The topological polar surface area (TPSA) is 113 Å². The molecular weight excluding hydrogens is 490 g/mol. The Balaban J connectivity index is 1.61. The Morgan fingerprint density at radius 3 is 2.69 bits per heavy atom. The fourth-order valence-electron chi connectivity index (χ4n) is 5.67. The van der Waals surface area contributed by atoms with Gasteiger partial charge in [-0.2, -0.15) is 10.2 Å². The monoisotopic (exact) mass is 531 g/mol. The fourth-order valence-corrected chi connectivity index (χ4v) is 5.67. The summed E-state index contributed by atoms with van der Waals surface area (Å²) in [6.07, 6.45) is 6.59. The summed E-state index contributed by atoms with van der Waals surface area (Å²) in [5.74, 6) is 0.716. The van der Waals surface area contributed by atoms with Crippen molar-refractivity contribution < 1.29 is 4.74 Å². The minimum absolute atomic E-state index is 0.0872. The number of nitrogens with two attached hydrogens (primary N) is 1. The molecular formula is C29H41N9O. The van der Waals surface area contributed by atoms with Crippen LogP contribution in [0.3, 0.4) is 0 Å². The number of likely N-dealkylation sites (tertiary alicyclic amines) is 1. The van der Waals surface area contributed by atoms with Gasteiger partial charge < -0.3 is 15.4 Å². The number of hydrogen-bond donors (Lipinski definition) is 2. The molecule has 3 aromatic heterocycles. The molecule has 1 atom stereocenters. The number of nitrogens with one attached hydrogen (secondary N) is 1. The standard InChI is InChI=1S/C29H41N9O/c1-18-16-36(5)17-26(31-11-14-38-12-7-8-13-38)22(19(2)30)9-10-24-23-15-25(32-21(4)28(23)34-33-24)27-20(3)35-37(6)29(27)39-18/h9-10,15,18H,7-8,11-14,16-17,30H2,1-6H3,(H,33,34)/b10-9+,22-19-,31-26?. The summed E-state index contributed by atoms with van der Waals surface area (Å²) in [4.78, 5) is 14.7. The summed E-state index contributed by atoms with van der Waals surface area (Å²) in [6.45, 7) is 13.4. The summed E-state index contributed by atoms with van der Waals surface area (Å²) >= 11 is 0. The van der Waals surface area contributed by atoms with Gasteiger partial charge in [0.25, 0.3) is 0 Å². The third-order valence-electron chi connectivity index (χ3n) is 7.54. The second kappa shape index (κ2) is 11.3. The number of ether oxygens (including phenoxy) is 1. The molecule has 10 nitrogen and oxygen atoms in total. The van der Waals surface area contributed by atoms with Gasteiger partial charge in [0.2, 0.25) is 5.88 Å². The third kappa shape index (κ3) is 5.77. The highest BCUT2D eigenvalue weighted by Crippen LogP contribution is 2.35. The predicted octanol–water partition coefficient (Wildman–Crippen LogP) is 3.47. The Morgan fingerprint density at radius 1 is 1.18 bits per heavy atom. The lowest BCUT2D eigenvalue weighted by Crippen LogP contribution is -2.36. The highest BCUT2D eigenvalue weighted by molar-refractivity contribution is 6.05. The van der Waals surface area contributed by atoms with Gasteiger partial charge in [0.1, 0.15) is 11.6 Å². The van der Waals surface area contributed by atoms with Crippen molar-refractivity contribution in [3.05, 3.63) is 40.5 Å². The molecule has 3 N–H and O–H groups in total. The van der Waals surface area contributed by atoms with Crippen molar-refractivity contribution in [1.82, 2.24) is 34.8 Å². The number of hydrogen-bond acceptors (Lipinski definition) is 8. The van der Waals surface area contributed by atoms with Crippen molar-refractivity contribution in [3.8, 4) is 17.1 Å². The van der Waals surface area contributed by atoms with Crippen LogP contribution in [0.1, 0.15) is 43.8 Å². The van der Waals surface area contributed by atoms with E-state index in [-0.39, 0.29) is 6.10 Å². The van der Waals surface area contributed by atoms with Crippen LogP contribution in [0.25, 0.3) is 28.2 Å². The Morgan fingerprint density at radius 2 is 1.95 bits per heavy atom. The second-order valence-electron chi connectivity index (χ2n) is 10.9. The lowest BCUT2D eigenvalue weighted by molar-refractivity contribution is 0.160. The SMILES string of the molecule is C/C(N)=C1\C=C\c2[nH]nc3c(C)nc(cc23)-c2c(C)nn(C)c2OC(C)CN(C)CC1=NCCN1CCCC1. The van der Waals surface area contributed by atoms with Gasteiger partial charge in [0.05, 0.1) is 40.6 Å². The molecule has 2 bridgehead atoms. The van der Waals surface area contributed by atoms with Gasteiger partial charge in [-0.1, -0.05) is 0 Å². The molecule has 5 rings (SSSR count). The van der Waals surface area contributed by atoms with Crippen molar-refractivity contribution in [1.29, 1.82) is 0 Å². The zero-order valence-corrected chi connectivity index (χ0v) is 24.1. The minimum Gasteiger partial charge on any atom is -0.473 e. The highest BCUT2D eigenvalue weighted by Gasteiger charge is 2.23. The number of aliphatic imine (C=N–C) groups is 1. The molecule has 0 radical (unpaired) electrons. The van der Waals surface area contributed by atoms with E-state index in [1.165, 1.54) is 12.8 Å². The first-order valence-electron chi connectivity index (χ1n) is 13.9. The van der Waals surface area contributed by atoms with Gasteiger partial charge in [-0.3, -0.25) is 20.0 Å². The van der Waals surface area contributed by atoms with Gasteiger partial charge in [0, 0.05) is 43.3 Å². The maximum absolute atomic E-state index is 6.54. The first kappa shape index (κ1) is 27.1. The van der Waals surface area contributed by atoms with Gasteiger partial charge in [0.15, 0.2) is 0 Å². The van der Waals surface area contributed by atoms with Crippen LogP contribution >= 0.6 is 0 Å². The quantitative estimate of drug-likeness (QED) is 0.532. The molecule has 1 saturated heterocycles. The van der Waals surface area contributed by atoms with E-state index in [1.54, 1.807) is 4.68 Å². The number of aromatic amines is 1. The van der Waals surface area contributed by atoms with Gasteiger partial charge in [-0.05, 0) is 78.9 Å². The minimum atomic E-state index is -0.0872. The number of fused-ring (bicyclic) bond motifs is 3. The van der Waals surface area contributed by atoms with E-state index in [9.17, 15) is 0 Å². The van der Waals surface area contributed by atoms with Crippen LogP contribution in [0.15, 0.2) is 28.4 Å². The lowest BCUT2D eigenvalue weighted by Gasteiger charge is -2.24. The summed E-state index contributed by atoms with van der Waals surface area (Å²) < 4.78 is 8.34. The van der Waals surface area contributed by atoms with E-state index in [2.05, 4.69) is 57.3 Å². The molecule has 10 heteroatoms. The van der Waals surface area contributed by atoms with E-state index < -0.39 is 0 Å². The summed E-state index contributed by atoms with van der Waals surface area (Å²) in [6, 6.07) is 2.07. The molecule has 5 heterocycles. The zero-order valence-electron chi connectivity index (χ0n) is 24.1. The predicted molar refractivity (Wildman–Crippen MR) is 157 cm³/mol. The van der Waals surface area contributed by atoms with Gasteiger partial charge >= 0.3 is 0 Å². The summed E-state index contributed by atoms with van der Waals surface area (Å²) in [5, 5.41) is 13.4. The van der Waals surface area contributed by atoms with E-state index in [1.807, 2.05) is 27.8 Å². The molecule has 0 aromatic carbocycles. The normalized spacial score (nSPS) is 22.6. The first-order chi connectivity index (χ1) is 18.7. The number of likely N-dealkylation sites (N-methyl/N-ethyl adjacent to an activating group) is 1. The van der Waals surface area contributed by atoms with Crippen LogP contribution in [0.5, 0.6) is 5.88 Å². The van der Waals surface area contributed by atoms with Crippen molar-refractivity contribution in [3.63, 3.8) is 0 Å². The van der Waals surface area contributed by atoms with Crippen LogP contribution in [0, 0.1) is 13.8 Å². The molecule has 1 fully saturated rings. The Labute approximate surface area is 230 Å². The molecule has 3 aromatic rings. The fraction of sp³-hybridized carbons (Fsp3) is 0.517. The number of aromatic nitrogens is 5. The molecule has 1 unspecified atom stereocenters.